The van der Waals surface area contributed by atoms with Crippen LogP contribution in [0.1, 0.15) is 21.5 Å². The van der Waals surface area contributed by atoms with Crippen molar-refractivity contribution in [3.8, 4) is 0 Å². The number of anilines is 1. The van der Waals surface area contributed by atoms with E-state index in [4.69, 9.17) is 11.6 Å². The molecule has 0 saturated carbocycles. The van der Waals surface area contributed by atoms with Crippen molar-refractivity contribution >= 4 is 23.2 Å². The van der Waals surface area contributed by atoms with Crippen molar-refractivity contribution in [3.63, 3.8) is 0 Å². The zero-order chi connectivity index (χ0) is 19.9. The monoisotopic (exact) mass is 396 g/mol. The van der Waals surface area contributed by atoms with E-state index in [2.05, 4.69) is 15.7 Å². The quantitative estimate of drug-likeness (QED) is 0.643. The van der Waals surface area contributed by atoms with E-state index in [0.29, 0.717) is 30.8 Å². The third-order valence-electron chi connectivity index (χ3n) is 4.31. The molecule has 2 N–H and O–H groups in total. The summed E-state index contributed by atoms with van der Waals surface area (Å²) in [5, 5.41) is 10.1. The second-order valence-corrected chi connectivity index (χ2v) is 6.65. The largest absolute Gasteiger partial charge is 0.382 e. The molecule has 28 heavy (non-hydrogen) atoms. The van der Waals surface area contributed by atoms with Crippen LogP contribution in [0.4, 0.5) is 5.69 Å². The summed E-state index contributed by atoms with van der Waals surface area (Å²) >= 11 is 6.24. The van der Waals surface area contributed by atoms with Crippen LogP contribution >= 0.6 is 11.6 Å². The smallest absolute Gasteiger partial charge is 0.287 e. The summed E-state index contributed by atoms with van der Waals surface area (Å²) in [5.74, 6) is -0.121. The molecule has 0 fully saturated rings. The van der Waals surface area contributed by atoms with Crippen LogP contribution in [0.3, 0.4) is 0 Å². The van der Waals surface area contributed by atoms with Crippen LogP contribution < -0.4 is 16.2 Å². The molecule has 0 saturated heterocycles. The first-order valence-electron chi connectivity index (χ1n) is 8.93. The molecular formula is C21H21ClN4O2. The number of nitrogens with one attached hydrogen (secondary N) is 2. The lowest BCUT2D eigenvalue weighted by Crippen LogP contribution is -2.25. The van der Waals surface area contributed by atoms with E-state index in [-0.39, 0.29) is 16.5 Å². The summed E-state index contributed by atoms with van der Waals surface area (Å²) in [4.78, 5) is 24.2. The molecule has 0 aliphatic carbocycles. The molecule has 2 aromatic carbocycles. The van der Waals surface area contributed by atoms with E-state index in [1.54, 1.807) is 19.3 Å². The van der Waals surface area contributed by atoms with Gasteiger partial charge < -0.3 is 10.6 Å². The lowest BCUT2D eigenvalue weighted by atomic mass is 10.1. The number of hydrogen-bond donors (Lipinski definition) is 2. The van der Waals surface area contributed by atoms with Gasteiger partial charge in [-0.25, -0.2) is 4.68 Å². The lowest BCUT2D eigenvalue weighted by Gasteiger charge is -2.11. The van der Waals surface area contributed by atoms with Crippen molar-refractivity contribution in [1.82, 2.24) is 15.1 Å². The van der Waals surface area contributed by atoms with Crippen LogP contribution in [0.5, 0.6) is 0 Å². The Balaban J connectivity index is 1.64. The number of benzene rings is 2. The fraction of sp³-hybridized carbons (Fsp3) is 0.190. The fourth-order valence-corrected chi connectivity index (χ4v) is 3.02. The summed E-state index contributed by atoms with van der Waals surface area (Å²) < 4.78 is 1.34. The number of rotatable bonds is 7. The van der Waals surface area contributed by atoms with Gasteiger partial charge >= 0.3 is 0 Å². The minimum absolute atomic E-state index is 0.116. The van der Waals surface area contributed by atoms with Gasteiger partial charge in [-0.15, -0.1) is 0 Å². The topological polar surface area (TPSA) is 76.0 Å². The molecular weight excluding hydrogens is 376 g/mol. The van der Waals surface area contributed by atoms with Crippen molar-refractivity contribution in [3.05, 3.63) is 92.9 Å². The lowest BCUT2D eigenvalue weighted by molar-refractivity contribution is 0.0963. The highest BCUT2D eigenvalue weighted by molar-refractivity contribution is 6.32. The first-order valence-corrected chi connectivity index (χ1v) is 9.30. The van der Waals surface area contributed by atoms with Gasteiger partial charge in [-0.1, -0.05) is 54.1 Å². The number of halogens is 1. The number of carbonyl (C=O) groups is 1. The second kappa shape index (κ2) is 9.19. The third kappa shape index (κ3) is 4.78. The van der Waals surface area contributed by atoms with Gasteiger partial charge in [0.05, 0.1) is 18.4 Å². The number of aromatic nitrogens is 2. The van der Waals surface area contributed by atoms with Crippen molar-refractivity contribution < 1.29 is 4.79 Å². The highest BCUT2D eigenvalue weighted by atomic mass is 35.5. The van der Waals surface area contributed by atoms with Crippen LogP contribution in [-0.2, 0) is 13.0 Å². The molecule has 0 aliphatic rings. The molecule has 0 radical (unpaired) electrons. The average molecular weight is 397 g/mol. The van der Waals surface area contributed by atoms with Crippen molar-refractivity contribution in [1.29, 1.82) is 0 Å². The van der Waals surface area contributed by atoms with Gasteiger partial charge in [0.15, 0.2) is 0 Å². The first-order chi connectivity index (χ1) is 13.6. The second-order valence-electron chi connectivity index (χ2n) is 6.28. The minimum atomic E-state index is -0.336. The van der Waals surface area contributed by atoms with Crippen molar-refractivity contribution in [2.75, 3.05) is 18.9 Å². The third-order valence-corrected chi connectivity index (χ3v) is 4.67. The van der Waals surface area contributed by atoms with Gasteiger partial charge in [0.2, 0.25) is 0 Å². The Morgan fingerprint density at radius 1 is 1.11 bits per heavy atom. The summed E-state index contributed by atoms with van der Waals surface area (Å²) in [6.07, 6.45) is 2.24. The SMILES string of the molecule is CNC(=O)c1cccc(CCNc2cnn(Cc3ccccc3)c(=O)c2Cl)c1. The molecule has 3 rings (SSSR count). The Morgan fingerprint density at radius 3 is 2.61 bits per heavy atom. The van der Waals surface area contributed by atoms with E-state index < -0.39 is 0 Å². The zero-order valence-corrected chi connectivity index (χ0v) is 16.2. The molecule has 0 atom stereocenters. The molecule has 0 bridgehead atoms. The summed E-state index contributed by atoms with van der Waals surface area (Å²) in [6, 6.07) is 17.0. The Kier molecular flexibility index (Phi) is 6.45. The van der Waals surface area contributed by atoms with Gasteiger partial charge in [0.1, 0.15) is 5.02 Å². The molecule has 144 valence electrons. The van der Waals surface area contributed by atoms with Gasteiger partial charge in [-0.2, -0.15) is 5.10 Å². The molecule has 6 nitrogen and oxygen atoms in total. The van der Waals surface area contributed by atoms with E-state index >= 15 is 0 Å². The first kappa shape index (κ1) is 19.6. The summed E-state index contributed by atoms with van der Waals surface area (Å²) in [6.45, 7) is 0.923. The average Bonchev–Trinajstić information content (AvgIpc) is 2.73. The maximum Gasteiger partial charge on any atom is 0.287 e. The Labute approximate surface area is 168 Å². The maximum atomic E-state index is 12.5. The van der Waals surface area contributed by atoms with Gasteiger partial charge in [-0.3, -0.25) is 9.59 Å². The highest BCUT2D eigenvalue weighted by Gasteiger charge is 2.10. The predicted molar refractivity (Wildman–Crippen MR) is 111 cm³/mol. The summed E-state index contributed by atoms with van der Waals surface area (Å²) in [7, 11) is 1.60. The highest BCUT2D eigenvalue weighted by Crippen LogP contribution is 2.16. The molecule has 7 heteroatoms. The van der Waals surface area contributed by atoms with Crippen LogP contribution in [0.25, 0.3) is 0 Å². The molecule has 0 aliphatic heterocycles. The molecule has 1 heterocycles. The number of hydrogen-bond acceptors (Lipinski definition) is 4. The molecule has 1 aromatic heterocycles. The van der Waals surface area contributed by atoms with Crippen molar-refractivity contribution in [2.24, 2.45) is 0 Å². The zero-order valence-electron chi connectivity index (χ0n) is 15.5. The van der Waals surface area contributed by atoms with Gasteiger partial charge in [-0.05, 0) is 29.7 Å². The molecule has 1 amide bonds. The predicted octanol–water partition coefficient (Wildman–Crippen LogP) is 2.96. The van der Waals surface area contributed by atoms with Crippen LogP contribution in [-0.4, -0.2) is 29.3 Å². The van der Waals surface area contributed by atoms with E-state index in [9.17, 15) is 9.59 Å². The van der Waals surface area contributed by atoms with E-state index in [1.165, 1.54) is 4.68 Å². The molecule has 3 aromatic rings. The molecule has 0 spiro atoms. The van der Waals surface area contributed by atoms with Crippen molar-refractivity contribution in [2.45, 2.75) is 13.0 Å². The molecule has 0 unspecified atom stereocenters. The summed E-state index contributed by atoms with van der Waals surface area (Å²) in [5.41, 5.74) is 2.76. The fourth-order valence-electron chi connectivity index (χ4n) is 2.81. The van der Waals surface area contributed by atoms with E-state index in [1.807, 2.05) is 48.5 Å². The van der Waals surface area contributed by atoms with Crippen LogP contribution in [0.2, 0.25) is 5.02 Å². The van der Waals surface area contributed by atoms with E-state index in [0.717, 1.165) is 11.1 Å². The van der Waals surface area contributed by atoms with Crippen LogP contribution in [0.15, 0.2) is 65.6 Å². The number of nitrogens with zero attached hydrogens (tertiary/aromatic N) is 2. The Bertz CT molecular complexity index is 1020. The standard InChI is InChI=1S/C21H21ClN4O2/c1-23-20(27)17-9-5-8-15(12-17)10-11-24-18-13-25-26(21(28)19(18)22)14-16-6-3-2-4-7-16/h2-9,12-13,24H,10-11,14H2,1H3,(H,23,27). The van der Waals surface area contributed by atoms with Crippen LogP contribution in [0, 0.1) is 0 Å². The Morgan fingerprint density at radius 2 is 1.86 bits per heavy atom. The van der Waals surface area contributed by atoms with Gasteiger partial charge in [0.25, 0.3) is 11.5 Å². The minimum Gasteiger partial charge on any atom is -0.382 e. The Hall–Kier alpha value is -3.12. The van der Waals surface area contributed by atoms with Gasteiger partial charge in [0, 0.05) is 19.2 Å². The normalized spacial score (nSPS) is 10.5. The number of amides is 1. The maximum absolute atomic E-state index is 12.5. The number of carbonyl (C=O) groups excluding carboxylic acids is 1.